The molecule has 19 heavy (non-hydrogen) atoms. The Labute approximate surface area is 115 Å². The molecule has 2 aromatic rings. The van der Waals surface area contributed by atoms with E-state index >= 15 is 0 Å². The van der Waals surface area contributed by atoms with Crippen LogP contribution in [0, 0.1) is 0 Å². The maximum Gasteiger partial charge on any atom is 0.313 e. The summed E-state index contributed by atoms with van der Waals surface area (Å²) in [6.07, 6.45) is 0.917. The van der Waals surface area contributed by atoms with Gasteiger partial charge >= 0.3 is 5.97 Å². The summed E-state index contributed by atoms with van der Waals surface area (Å²) < 4.78 is 1.84. The number of carboxylic acids is 1. The molecule has 0 aliphatic carbocycles. The summed E-state index contributed by atoms with van der Waals surface area (Å²) in [6, 6.07) is 8.04. The fourth-order valence-electron chi connectivity index (χ4n) is 1.85. The minimum atomic E-state index is -0.858. The van der Waals surface area contributed by atoms with Gasteiger partial charge in [-0.05, 0) is 12.0 Å². The lowest BCUT2D eigenvalue weighted by molar-refractivity contribution is -0.133. The summed E-state index contributed by atoms with van der Waals surface area (Å²) in [4.78, 5) is 10.6. The SMILES string of the molecule is CCc1ccccc1-c1nnc(SCC(=O)O)n1C. The van der Waals surface area contributed by atoms with Gasteiger partial charge in [0.2, 0.25) is 0 Å². The highest BCUT2D eigenvalue weighted by Gasteiger charge is 2.14. The van der Waals surface area contributed by atoms with Gasteiger partial charge in [0.05, 0.1) is 5.75 Å². The molecule has 0 spiro atoms. The average Bonchev–Trinajstić information content (AvgIpc) is 2.77. The Morgan fingerprint density at radius 1 is 1.37 bits per heavy atom. The zero-order valence-electron chi connectivity index (χ0n) is 10.8. The summed E-state index contributed by atoms with van der Waals surface area (Å²) in [5, 5.41) is 17.5. The van der Waals surface area contributed by atoms with Crippen molar-refractivity contribution in [3.63, 3.8) is 0 Å². The van der Waals surface area contributed by atoms with E-state index in [4.69, 9.17) is 5.11 Å². The Morgan fingerprint density at radius 2 is 2.11 bits per heavy atom. The highest BCUT2D eigenvalue weighted by molar-refractivity contribution is 7.99. The summed E-state index contributed by atoms with van der Waals surface area (Å²) in [5.74, 6) is -0.102. The highest BCUT2D eigenvalue weighted by atomic mass is 32.2. The lowest BCUT2D eigenvalue weighted by atomic mass is 10.1. The summed E-state index contributed by atoms with van der Waals surface area (Å²) >= 11 is 1.17. The van der Waals surface area contributed by atoms with E-state index in [9.17, 15) is 4.79 Å². The zero-order valence-corrected chi connectivity index (χ0v) is 11.6. The Morgan fingerprint density at radius 3 is 2.79 bits per heavy atom. The average molecular weight is 277 g/mol. The second-order valence-corrected chi connectivity index (χ2v) is 5.00. The van der Waals surface area contributed by atoms with Crippen molar-refractivity contribution in [3.8, 4) is 11.4 Å². The normalized spacial score (nSPS) is 10.6. The first-order chi connectivity index (χ1) is 9.13. The van der Waals surface area contributed by atoms with Crippen LogP contribution in [-0.2, 0) is 18.3 Å². The molecule has 0 saturated heterocycles. The third-order valence-electron chi connectivity index (χ3n) is 2.80. The number of aromatic nitrogens is 3. The Kier molecular flexibility index (Phi) is 4.21. The van der Waals surface area contributed by atoms with E-state index in [-0.39, 0.29) is 5.75 Å². The molecule has 100 valence electrons. The molecule has 1 heterocycles. The van der Waals surface area contributed by atoms with Gasteiger partial charge < -0.3 is 9.67 Å². The number of benzene rings is 1. The Balaban J connectivity index is 2.33. The number of thioether (sulfide) groups is 1. The first-order valence-corrected chi connectivity index (χ1v) is 6.94. The molecule has 0 bridgehead atoms. The quantitative estimate of drug-likeness (QED) is 0.849. The van der Waals surface area contributed by atoms with E-state index in [0.717, 1.165) is 17.8 Å². The van der Waals surface area contributed by atoms with Crippen LogP contribution < -0.4 is 0 Å². The molecule has 0 atom stereocenters. The van der Waals surface area contributed by atoms with Crippen molar-refractivity contribution in [2.24, 2.45) is 7.05 Å². The van der Waals surface area contributed by atoms with Crippen LogP contribution in [-0.4, -0.2) is 31.6 Å². The molecule has 2 rings (SSSR count). The molecule has 0 amide bonds. The maximum absolute atomic E-state index is 10.6. The summed E-state index contributed by atoms with van der Waals surface area (Å²) in [7, 11) is 1.85. The fourth-order valence-corrected chi connectivity index (χ4v) is 2.48. The predicted molar refractivity (Wildman–Crippen MR) is 74.2 cm³/mol. The van der Waals surface area contributed by atoms with E-state index in [0.29, 0.717) is 5.16 Å². The summed E-state index contributed by atoms with van der Waals surface area (Å²) in [6.45, 7) is 2.09. The number of carboxylic acid groups (broad SMARTS) is 1. The van der Waals surface area contributed by atoms with Gasteiger partial charge in [-0.3, -0.25) is 4.79 Å². The standard InChI is InChI=1S/C13H15N3O2S/c1-3-9-6-4-5-7-10(9)12-14-15-13(16(12)2)19-8-11(17)18/h4-7H,3,8H2,1-2H3,(H,17,18). The molecule has 0 saturated carbocycles. The summed E-state index contributed by atoms with van der Waals surface area (Å²) in [5.41, 5.74) is 2.25. The molecule has 0 fully saturated rings. The van der Waals surface area contributed by atoms with Crippen molar-refractivity contribution in [2.45, 2.75) is 18.5 Å². The molecule has 0 aliphatic heterocycles. The van der Waals surface area contributed by atoms with E-state index in [1.807, 2.05) is 29.8 Å². The number of aryl methyl sites for hydroxylation is 1. The van der Waals surface area contributed by atoms with Crippen molar-refractivity contribution < 1.29 is 9.90 Å². The van der Waals surface area contributed by atoms with Gasteiger partial charge in [-0.15, -0.1) is 10.2 Å². The number of rotatable bonds is 5. The third kappa shape index (κ3) is 2.96. The molecule has 1 aromatic carbocycles. The van der Waals surface area contributed by atoms with Crippen LogP contribution in [0.3, 0.4) is 0 Å². The van der Waals surface area contributed by atoms with Crippen molar-refractivity contribution in [3.05, 3.63) is 29.8 Å². The van der Waals surface area contributed by atoms with Crippen LogP contribution >= 0.6 is 11.8 Å². The van der Waals surface area contributed by atoms with Gasteiger partial charge in [0.15, 0.2) is 11.0 Å². The minimum absolute atomic E-state index is 0.0125. The van der Waals surface area contributed by atoms with Gasteiger partial charge in [-0.25, -0.2) is 0 Å². The van der Waals surface area contributed by atoms with Crippen molar-refractivity contribution in [1.29, 1.82) is 0 Å². The monoisotopic (exact) mass is 277 g/mol. The minimum Gasteiger partial charge on any atom is -0.481 e. The molecule has 0 radical (unpaired) electrons. The molecule has 1 aromatic heterocycles. The Hall–Kier alpha value is -1.82. The topological polar surface area (TPSA) is 68.0 Å². The number of carbonyl (C=O) groups is 1. The van der Waals surface area contributed by atoms with Gasteiger partial charge in [0, 0.05) is 12.6 Å². The molecular weight excluding hydrogens is 262 g/mol. The molecule has 6 heteroatoms. The van der Waals surface area contributed by atoms with Crippen molar-refractivity contribution in [2.75, 3.05) is 5.75 Å². The van der Waals surface area contributed by atoms with E-state index in [2.05, 4.69) is 23.2 Å². The molecule has 1 N–H and O–H groups in total. The highest BCUT2D eigenvalue weighted by Crippen LogP contribution is 2.25. The van der Waals surface area contributed by atoms with Gasteiger partial charge in [0.25, 0.3) is 0 Å². The van der Waals surface area contributed by atoms with E-state index in [1.165, 1.54) is 17.3 Å². The van der Waals surface area contributed by atoms with Crippen LogP contribution in [0.15, 0.2) is 29.4 Å². The predicted octanol–water partition coefficient (Wildman–Crippen LogP) is 2.22. The molecule has 0 unspecified atom stereocenters. The second kappa shape index (κ2) is 5.88. The lowest BCUT2D eigenvalue weighted by Gasteiger charge is -2.07. The van der Waals surface area contributed by atoms with Crippen LogP contribution in [0.5, 0.6) is 0 Å². The maximum atomic E-state index is 10.6. The number of hydrogen-bond donors (Lipinski definition) is 1. The fraction of sp³-hybridized carbons (Fsp3) is 0.308. The van der Waals surface area contributed by atoms with Gasteiger partial charge in [-0.1, -0.05) is 43.0 Å². The second-order valence-electron chi connectivity index (χ2n) is 4.06. The van der Waals surface area contributed by atoms with Crippen LogP contribution in [0.25, 0.3) is 11.4 Å². The van der Waals surface area contributed by atoms with Crippen LogP contribution in [0.4, 0.5) is 0 Å². The molecule has 0 aliphatic rings. The largest absolute Gasteiger partial charge is 0.481 e. The van der Waals surface area contributed by atoms with Crippen molar-refractivity contribution >= 4 is 17.7 Å². The van der Waals surface area contributed by atoms with Crippen LogP contribution in [0.2, 0.25) is 0 Å². The lowest BCUT2D eigenvalue weighted by Crippen LogP contribution is -2.01. The zero-order chi connectivity index (χ0) is 13.8. The third-order valence-corrected chi connectivity index (χ3v) is 3.80. The first-order valence-electron chi connectivity index (χ1n) is 5.95. The smallest absolute Gasteiger partial charge is 0.313 e. The number of hydrogen-bond acceptors (Lipinski definition) is 4. The number of aliphatic carboxylic acids is 1. The Bertz CT molecular complexity index is 595. The van der Waals surface area contributed by atoms with Crippen molar-refractivity contribution in [1.82, 2.24) is 14.8 Å². The van der Waals surface area contributed by atoms with Gasteiger partial charge in [0.1, 0.15) is 0 Å². The van der Waals surface area contributed by atoms with E-state index in [1.54, 1.807) is 0 Å². The van der Waals surface area contributed by atoms with E-state index < -0.39 is 5.97 Å². The van der Waals surface area contributed by atoms with Crippen LogP contribution in [0.1, 0.15) is 12.5 Å². The molecular formula is C13H15N3O2S. The molecule has 5 nitrogen and oxygen atoms in total. The number of nitrogens with zero attached hydrogens (tertiary/aromatic N) is 3. The first kappa shape index (κ1) is 13.6. The van der Waals surface area contributed by atoms with Gasteiger partial charge in [-0.2, -0.15) is 0 Å².